The Hall–Kier alpha value is -1.60. The molecule has 0 unspecified atom stereocenters. The standard InChI is InChI=1S/C12H10BrFN2O2S/c13-8-1-4-10(5-2-8)19(17,18)16-12-7-9(15)3-6-11(12)14/h1-7,16H,15H2. The van der Waals surface area contributed by atoms with E-state index >= 15 is 0 Å². The number of nitrogens with one attached hydrogen (secondary N) is 1. The van der Waals surface area contributed by atoms with Crippen molar-refractivity contribution in [2.75, 3.05) is 10.5 Å². The maximum Gasteiger partial charge on any atom is 0.261 e. The van der Waals surface area contributed by atoms with Crippen LogP contribution < -0.4 is 10.5 Å². The molecule has 7 heteroatoms. The summed E-state index contributed by atoms with van der Waals surface area (Å²) in [7, 11) is -3.84. The molecule has 0 aliphatic heterocycles. The van der Waals surface area contributed by atoms with Gasteiger partial charge in [0.1, 0.15) is 5.82 Å². The molecule has 0 aliphatic carbocycles. The van der Waals surface area contributed by atoms with Crippen LogP contribution in [0.15, 0.2) is 51.8 Å². The topological polar surface area (TPSA) is 72.2 Å². The van der Waals surface area contributed by atoms with E-state index in [0.29, 0.717) is 0 Å². The van der Waals surface area contributed by atoms with E-state index in [4.69, 9.17) is 5.73 Å². The normalized spacial score (nSPS) is 11.3. The van der Waals surface area contributed by atoms with Crippen molar-refractivity contribution in [2.45, 2.75) is 4.90 Å². The van der Waals surface area contributed by atoms with Crippen LogP contribution in [0.3, 0.4) is 0 Å². The van der Waals surface area contributed by atoms with Gasteiger partial charge >= 0.3 is 0 Å². The van der Waals surface area contributed by atoms with E-state index in [-0.39, 0.29) is 16.3 Å². The van der Waals surface area contributed by atoms with E-state index in [1.54, 1.807) is 12.1 Å². The molecule has 0 spiro atoms. The van der Waals surface area contributed by atoms with Gasteiger partial charge in [0.2, 0.25) is 0 Å². The first-order valence-corrected chi connectivity index (χ1v) is 7.49. The molecule has 3 N–H and O–H groups in total. The van der Waals surface area contributed by atoms with Gasteiger partial charge in [0.25, 0.3) is 10.0 Å². The van der Waals surface area contributed by atoms with Gasteiger partial charge in [-0.1, -0.05) is 15.9 Å². The molecular formula is C12H10BrFN2O2S. The number of nitrogens with two attached hydrogens (primary N) is 1. The summed E-state index contributed by atoms with van der Waals surface area (Å²) in [5.41, 5.74) is 5.59. The van der Waals surface area contributed by atoms with Crippen molar-refractivity contribution >= 4 is 37.3 Å². The molecule has 0 heterocycles. The summed E-state index contributed by atoms with van der Waals surface area (Å²) in [6.45, 7) is 0. The third-order valence-electron chi connectivity index (χ3n) is 2.36. The number of benzene rings is 2. The summed E-state index contributed by atoms with van der Waals surface area (Å²) < 4.78 is 40.5. The molecule has 19 heavy (non-hydrogen) atoms. The van der Waals surface area contributed by atoms with Crippen LogP contribution in [0.5, 0.6) is 0 Å². The van der Waals surface area contributed by atoms with Crippen molar-refractivity contribution in [1.29, 1.82) is 0 Å². The van der Waals surface area contributed by atoms with Crippen LogP contribution in [0, 0.1) is 5.82 Å². The molecule has 0 bridgehead atoms. The van der Waals surface area contributed by atoms with Crippen molar-refractivity contribution < 1.29 is 12.8 Å². The molecule has 4 nitrogen and oxygen atoms in total. The van der Waals surface area contributed by atoms with E-state index in [1.165, 1.54) is 24.3 Å². The predicted octanol–water partition coefficient (Wildman–Crippen LogP) is 2.97. The number of hydrogen-bond donors (Lipinski definition) is 2. The maximum absolute atomic E-state index is 13.5. The van der Waals surface area contributed by atoms with Crippen LogP contribution >= 0.6 is 15.9 Å². The van der Waals surface area contributed by atoms with Crippen molar-refractivity contribution in [3.8, 4) is 0 Å². The van der Waals surface area contributed by atoms with Gasteiger partial charge in [0, 0.05) is 10.2 Å². The minimum Gasteiger partial charge on any atom is -0.399 e. The largest absolute Gasteiger partial charge is 0.399 e. The number of halogens is 2. The first kappa shape index (κ1) is 13.8. The van der Waals surface area contributed by atoms with Crippen LogP contribution in [0.25, 0.3) is 0 Å². The second-order valence-electron chi connectivity index (χ2n) is 3.80. The van der Waals surface area contributed by atoms with Gasteiger partial charge in [-0.15, -0.1) is 0 Å². The smallest absolute Gasteiger partial charge is 0.261 e. The van der Waals surface area contributed by atoms with Gasteiger partial charge in [0.05, 0.1) is 10.6 Å². The van der Waals surface area contributed by atoms with E-state index in [1.807, 2.05) is 0 Å². The number of sulfonamides is 1. The Bertz CT molecular complexity index is 702. The monoisotopic (exact) mass is 344 g/mol. The molecule has 0 aliphatic rings. The average molecular weight is 345 g/mol. The lowest BCUT2D eigenvalue weighted by molar-refractivity contribution is 0.598. The van der Waals surface area contributed by atoms with Crippen LogP contribution in [-0.2, 0) is 10.0 Å². The molecule has 0 fully saturated rings. The zero-order valence-corrected chi connectivity index (χ0v) is 12.0. The van der Waals surface area contributed by atoms with Gasteiger partial charge in [-0.25, -0.2) is 12.8 Å². The Morgan fingerprint density at radius 2 is 1.74 bits per heavy atom. The second kappa shape index (κ2) is 5.18. The number of anilines is 2. The molecule has 0 atom stereocenters. The van der Waals surface area contributed by atoms with Crippen LogP contribution in [0.1, 0.15) is 0 Å². The lowest BCUT2D eigenvalue weighted by Gasteiger charge is -2.09. The highest BCUT2D eigenvalue weighted by Crippen LogP contribution is 2.22. The molecule has 100 valence electrons. The Morgan fingerprint density at radius 1 is 1.11 bits per heavy atom. The summed E-state index contributed by atoms with van der Waals surface area (Å²) >= 11 is 3.21. The fourth-order valence-electron chi connectivity index (χ4n) is 1.44. The molecule has 2 aromatic rings. The molecule has 0 saturated heterocycles. The summed E-state index contributed by atoms with van der Waals surface area (Å²) in [6, 6.07) is 9.69. The fraction of sp³-hybridized carbons (Fsp3) is 0. The van der Waals surface area contributed by atoms with E-state index < -0.39 is 15.8 Å². The number of rotatable bonds is 3. The van der Waals surface area contributed by atoms with Crippen LogP contribution in [0.4, 0.5) is 15.8 Å². The molecular weight excluding hydrogens is 335 g/mol. The fourth-order valence-corrected chi connectivity index (χ4v) is 2.76. The maximum atomic E-state index is 13.5. The summed E-state index contributed by atoms with van der Waals surface area (Å²) in [6.07, 6.45) is 0. The second-order valence-corrected chi connectivity index (χ2v) is 6.40. The third-order valence-corrected chi connectivity index (χ3v) is 4.27. The average Bonchev–Trinajstić information content (AvgIpc) is 2.34. The molecule has 0 amide bonds. The quantitative estimate of drug-likeness (QED) is 0.840. The molecule has 0 radical (unpaired) electrons. The molecule has 2 aromatic carbocycles. The van der Waals surface area contributed by atoms with E-state index in [9.17, 15) is 12.8 Å². The Balaban J connectivity index is 2.36. The highest BCUT2D eigenvalue weighted by Gasteiger charge is 2.16. The lowest BCUT2D eigenvalue weighted by atomic mass is 10.3. The summed E-state index contributed by atoms with van der Waals surface area (Å²) in [5, 5.41) is 0. The minimum atomic E-state index is -3.84. The zero-order valence-electron chi connectivity index (χ0n) is 9.60. The van der Waals surface area contributed by atoms with Crippen LogP contribution in [-0.4, -0.2) is 8.42 Å². The van der Waals surface area contributed by atoms with Crippen LogP contribution in [0.2, 0.25) is 0 Å². The Labute approximate surface area is 118 Å². The van der Waals surface area contributed by atoms with Crippen molar-refractivity contribution in [3.05, 3.63) is 52.8 Å². The van der Waals surface area contributed by atoms with Gasteiger partial charge in [-0.3, -0.25) is 4.72 Å². The summed E-state index contributed by atoms with van der Waals surface area (Å²) in [4.78, 5) is 0.0394. The molecule has 2 rings (SSSR count). The van der Waals surface area contributed by atoms with Gasteiger partial charge in [-0.05, 0) is 42.5 Å². The number of nitrogen functional groups attached to an aromatic ring is 1. The molecule has 0 aromatic heterocycles. The van der Waals surface area contributed by atoms with Crippen molar-refractivity contribution in [1.82, 2.24) is 0 Å². The SMILES string of the molecule is Nc1ccc(F)c(NS(=O)(=O)c2ccc(Br)cc2)c1. The predicted molar refractivity (Wildman–Crippen MR) is 75.8 cm³/mol. The highest BCUT2D eigenvalue weighted by atomic mass is 79.9. The first-order chi connectivity index (χ1) is 8.88. The van der Waals surface area contributed by atoms with Gasteiger partial charge in [-0.2, -0.15) is 0 Å². The minimum absolute atomic E-state index is 0.0394. The van der Waals surface area contributed by atoms with Crippen molar-refractivity contribution in [2.24, 2.45) is 0 Å². The Kier molecular flexibility index (Phi) is 3.77. The van der Waals surface area contributed by atoms with Gasteiger partial charge in [0.15, 0.2) is 0 Å². The van der Waals surface area contributed by atoms with E-state index in [2.05, 4.69) is 20.7 Å². The van der Waals surface area contributed by atoms with E-state index in [0.717, 1.165) is 10.5 Å². The van der Waals surface area contributed by atoms with Gasteiger partial charge < -0.3 is 5.73 Å². The Morgan fingerprint density at radius 3 is 2.37 bits per heavy atom. The summed E-state index contributed by atoms with van der Waals surface area (Å²) in [5.74, 6) is -0.685. The number of hydrogen-bond acceptors (Lipinski definition) is 3. The van der Waals surface area contributed by atoms with Crippen molar-refractivity contribution in [3.63, 3.8) is 0 Å². The molecule has 0 saturated carbocycles. The highest BCUT2D eigenvalue weighted by molar-refractivity contribution is 9.10. The first-order valence-electron chi connectivity index (χ1n) is 5.22. The zero-order chi connectivity index (χ0) is 14.0. The third kappa shape index (κ3) is 3.24. The lowest BCUT2D eigenvalue weighted by Crippen LogP contribution is -2.14.